The molecule has 4 heteroatoms. The zero-order chi connectivity index (χ0) is 55.5. The molecule has 0 aliphatic carbocycles. The number of aromatic nitrogens is 2. The number of fused-ring (bicyclic) bond motifs is 11. The van der Waals surface area contributed by atoms with Gasteiger partial charge in [0.2, 0.25) is 0 Å². The first-order valence-electron chi connectivity index (χ1n) is 28.8. The molecule has 0 radical (unpaired) electrons. The summed E-state index contributed by atoms with van der Waals surface area (Å²) in [6, 6.07) is 118. The van der Waals surface area contributed by atoms with Crippen molar-refractivity contribution in [1.29, 1.82) is 0 Å². The van der Waals surface area contributed by atoms with Gasteiger partial charge in [0.05, 0.1) is 39.1 Å². The first-order chi connectivity index (χ1) is 41.7. The Hall–Kier alpha value is -11.2. The molecule has 0 N–H and O–H groups in total. The van der Waals surface area contributed by atoms with E-state index in [-0.39, 0.29) is 0 Å². The van der Waals surface area contributed by atoms with Gasteiger partial charge in [-0.05, 0) is 141 Å². The zero-order valence-electron chi connectivity index (χ0n) is 46.0. The lowest BCUT2D eigenvalue weighted by atomic mass is 10.0. The van der Waals surface area contributed by atoms with Gasteiger partial charge in [0.1, 0.15) is 0 Å². The van der Waals surface area contributed by atoms with E-state index in [4.69, 9.17) is 0 Å². The Labute approximate surface area is 486 Å². The Kier molecular flexibility index (Phi) is 11.8. The Morgan fingerprint density at radius 2 is 0.679 bits per heavy atom. The third-order valence-corrected chi connectivity index (χ3v) is 16.8. The molecule has 0 fully saturated rings. The number of hydrogen-bond donors (Lipinski definition) is 0. The molecular weight excluding hydrogens is 1020 g/mol. The van der Waals surface area contributed by atoms with Crippen LogP contribution in [0.25, 0.3) is 109 Å². The summed E-state index contributed by atoms with van der Waals surface area (Å²) in [6.45, 7) is 0. The third kappa shape index (κ3) is 8.22. The molecule has 17 rings (SSSR count). The lowest BCUT2D eigenvalue weighted by Gasteiger charge is -2.28. The van der Waals surface area contributed by atoms with Crippen LogP contribution in [-0.2, 0) is 0 Å². The van der Waals surface area contributed by atoms with Crippen LogP contribution in [0.5, 0.6) is 0 Å². The van der Waals surface area contributed by atoms with E-state index in [0.717, 1.165) is 28.4 Å². The molecule has 0 amide bonds. The summed E-state index contributed by atoms with van der Waals surface area (Å²) in [5.41, 5.74) is 14.0. The van der Waals surface area contributed by atoms with Gasteiger partial charge in [-0.15, -0.1) is 0 Å². The number of benzene rings is 15. The van der Waals surface area contributed by atoms with Crippen LogP contribution in [0.1, 0.15) is 0 Å². The van der Waals surface area contributed by atoms with Crippen molar-refractivity contribution < 1.29 is 0 Å². The summed E-state index contributed by atoms with van der Waals surface area (Å²) >= 11 is 0. The minimum atomic E-state index is 1.13. The predicted octanol–water partition coefficient (Wildman–Crippen LogP) is 22.3. The van der Waals surface area contributed by atoms with E-state index in [0.29, 0.717) is 0 Å². The fraction of sp³-hybridized carbons (Fsp3) is 0. The molecule has 4 nitrogen and oxygen atoms in total. The fourth-order valence-corrected chi connectivity index (χ4v) is 13.0. The number of anilines is 6. The molecule has 2 heterocycles. The lowest BCUT2D eigenvalue weighted by Crippen LogP contribution is -2.12. The number of hydrogen-bond acceptors (Lipinski definition) is 2. The van der Waals surface area contributed by atoms with Gasteiger partial charge < -0.3 is 18.9 Å². The lowest BCUT2D eigenvalue weighted by molar-refractivity contribution is 1.18. The highest BCUT2D eigenvalue weighted by molar-refractivity contribution is 6.23. The van der Waals surface area contributed by atoms with Gasteiger partial charge >= 0.3 is 0 Å². The SMILES string of the molecule is c1ccc(N(c2ccc3ccccc3c2)c2cccc3cc4c5ccccc5n(-c5ccc6ccccc6c5)c4cc23)cc1.c1ccc(N(c2ccccc2)c2c3ccccc3cc3c4ccccc4n(-c4cccc5ccccc45)c23)cc1. The molecule has 84 heavy (non-hydrogen) atoms. The highest BCUT2D eigenvalue weighted by atomic mass is 15.2. The Morgan fingerprint density at radius 3 is 1.36 bits per heavy atom. The first-order valence-corrected chi connectivity index (χ1v) is 28.8. The Balaban J connectivity index is 0.000000138. The largest absolute Gasteiger partial charge is 0.310 e. The number of rotatable bonds is 8. The van der Waals surface area contributed by atoms with Crippen LogP contribution in [0.15, 0.2) is 328 Å². The van der Waals surface area contributed by atoms with Crippen molar-refractivity contribution in [2.24, 2.45) is 0 Å². The Bertz CT molecular complexity index is 5290. The number of nitrogens with zero attached hydrogens (tertiary/aromatic N) is 4. The molecule has 15 aromatic carbocycles. The van der Waals surface area contributed by atoms with Crippen LogP contribution in [0.4, 0.5) is 34.1 Å². The van der Waals surface area contributed by atoms with Crippen LogP contribution in [0, 0.1) is 0 Å². The monoisotopic (exact) mass is 1070 g/mol. The van der Waals surface area contributed by atoms with Gasteiger partial charge in [-0.1, -0.05) is 224 Å². The van der Waals surface area contributed by atoms with Gasteiger partial charge in [0.25, 0.3) is 0 Å². The van der Waals surface area contributed by atoms with E-state index >= 15 is 0 Å². The quantitative estimate of drug-likeness (QED) is 0.151. The van der Waals surface area contributed by atoms with E-state index in [1.165, 1.54) is 115 Å². The molecule has 2 aromatic heterocycles. The van der Waals surface area contributed by atoms with Crippen molar-refractivity contribution in [2.45, 2.75) is 0 Å². The standard InChI is InChI=1S/C42H28N2.C38H26N2/c1-2-16-34(17-3-1)43(35-23-21-29-11-4-6-13-31(29)25-35)41-20-10-15-33-27-39-37-18-8-9-19-40(37)44(42(39)28-38(33)41)36-24-22-30-12-5-7-14-32(30)26-36;1-3-17-29(18-4-1)39(30-19-5-2-6-20-30)37-32-22-10-8-15-28(32)26-34-33-23-11-12-24-36(33)40(38(34)37)35-25-13-16-27-14-7-9-21-31(27)35/h1-28H;1-26H. The second-order valence-corrected chi connectivity index (χ2v) is 21.7. The summed E-state index contributed by atoms with van der Waals surface area (Å²) in [5, 5.41) is 17.3. The topological polar surface area (TPSA) is 16.3 Å². The summed E-state index contributed by atoms with van der Waals surface area (Å²) in [7, 11) is 0. The maximum Gasteiger partial charge on any atom is 0.0789 e. The second-order valence-electron chi connectivity index (χ2n) is 21.7. The van der Waals surface area contributed by atoms with Gasteiger partial charge in [0.15, 0.2) is 0 Å². The molecule has 0 bridgehead atoms. The molecule has 0 spiro atoms. The fourth-order valence-electron chi connectivity index (χ4n) is 13.0. The van der Waals surface area contributed by atoms with Crippen molar-refractivity contribution in [3.63, 3.8) is 0 Å². The van der Waals surface area contributed by atoms with E-state index < -0.39 is 0 Å². The third-order valence-electron chi connectivity index (χ3n) is 16.8. The molecule has 0 saturated heterocycles. The van der Waals surface area contributed by atoms with Crippen molar-refractivity contribution in [3.8, 4) is 11.4 Å². The van der Waals surface area contributed by atoms with Gasteiger partial charge in [-0.2, -0.15) is 0 Å². The highest BCUT2D eigenvalue weighted by Gasteiger charge is 2.25. The van der Waals surface area contributed by atoms with Crippen LogP contribution in [0.2, 0.25) is 0 Å². The minimum Gasteiger partial charge on any atom is -0.310 e. The average Bonchev–Trinajstić information content (AvgIpc) is 2.33. The van der Waals surface area contributed by atoms with Crippen molar-refractivity contribution in [3.05, 3.63) is 328 Å². The summed E-state index contributed by atoms with van der Waals surface area (Å²) < 4.78 is 4.91. The molecule has 394 valence electrons. The summed E-state index contributed by atoms with van der Waals surface area (Å²) in [5.74, 6) is 0. The smallest absolute Gasteiger partial charge is 0.0789 e. The van der Waals surface area contributed by atoms with Crippen LogP contribution < -0.4 is 9.80 Å². The van der Waals surface area contributed by atoms with E-state index in [9.17, 15) is 0 Å². The van der Waals surface area contributed by atoms with Crippen molar-refractivity contribution in [2.75, 3.05) is 9.80 Å². The molecule has 0 aliphatic rings. The van der Waals surface area contributed by atoms with Crippen LogP contribution in [-0.4, -0.2) is 9.13 Å². The van der Waals surface area contributed by atoms with E-state index in [1.54, 1.807) is 0 Å². The molecule has 17 aromatic rings. The van der Waals surface area contributed by atoms with Crippen LogP contribution >= 0.6 is 0 Å². The second kappa shape index (κ2) is 20.4. The zero-order valence-corrected chi connectivity index (χ0v) is 46.0. The molecule has 0 atom stereocenters. The molecule has 0 saturated carbocycles. The molecule has 0 unspecified atom stereocenters. The van der Waals surface area contributed by atoms with Gasteiger partial charge in [-0.25, -0.2) is 0 Å². The maximum absolute atomic E-state index is 2.48. The van der Waals surface area contributed by atoms with Crippen molar-refractivity contribution in [1.82, 2.24) is 9.13 Å². The molecule has 0 aliphatic heterocycles. The summed E-state index contributed by atoms with van der Waals surface area (Å²) in [6.07, 6.45) is 0. The maximum atomic E-state index is 2.48. The Morgan fingerprint density at radius 1 is 0.214 bits per heavy atom. The normalized spacial score (nSPS) is 11.6. The predicted molar refractivity (Wildman–Crippen MR) is 358 cm³/mol. The van der Waals surface area contributed by atoms with E-state index in [2.05, 4.69) is 347 Å². The summed E-state index contributed by atoms with van der Waals surface area (Å²) in [4.78, 5) is 4.81. The average molecular weight is 1070 g/mol. The first kappa shape index (κ1) is 48.7. The highest BCUT2D eigenvalue weighted by Crippen LogP contribution is 2.49. The van der Waals surface area contributed by atoms with Crippen molar-refractivity contribution >= 4 is 132 Å². The van der Waals surface area contributed by atoms with Crippen LogP contribution in [0.3, 0.4) is 0 Å². The number of para-hydroxylation sites is 5. The molecular formula is C80H54N4. The van der Waals surface area contributed by atoms with E-state index in [1.807, 2.05) is 0 Å². The van der Waals surface area contributed by atoms with Gasteiger partial charge in [-0.3, -0.25) is 0 Å². The minimum absolute atomic E-state index is 1.13. The van der Waals surface area contributed by atoms with Gasteiger partial charge in [0, 0.05) is 66.1 Å².